The van der Waals surface area contributed by atoms with E-state index in [4.69, 9.17) is 81.7 Å². The largest absolute Gasteiger partial charge is 0.481 e. The first-order chi connectivity index (χ1) is 21.3. The van der Waals surface area contributed by atoms with Crippen LogP contribution in [0.4, 0.5) is 0 Å². The highest BCUT2D eigenvalue weighted by atomic mass is 16.4. The predicted molar refractivity (Wildman–Crippen MR) is 165 cm³/mol. The highest BCUT2D eigenvalue weighted by Gasteiger charge is 1.97. The quantitative estimate of drug-likeness (QED) is 0.0516. The summed E-state index contributed by atoms with van der Waals surface area (Å²) in [7, 11) is 0. The molecule has 16 N–H and O–H groups in total. The van der Waals surface area contributed by atoms with E-state index in [1.807, 2.05) is 0 Å². The third kappa shape index (κ3) is 75.1. The van der Waals surface area contributed by atoms with Crippen LogP contribution in [0.5, 0.6) is 0 Å². The van der Waals surface area contributed by atoms with Gasteiger partial charge in [-0.25, -0.2) is 0 Å². The first-order valence-electron chi connectivity index (χ1n) is 15.0. The highest BCUT2D eigenvalue weighted by Crippen LogP contribution is 2.11. The van der Waals surface area contributed by atoms with E-state index in [0.717, 1.165) is 12.8 Å². The summed E-state index contributed by atoms with van der Waals surface area (Å²) >= 11 is 0. The van der Waals surface area contributed by atoms with Crippen LogP contribution in [0.25, 0.3) is 0 Å². The van der Waals surface area contributed by atoms with Crippen LogP contribution in [0.1, 0.15) is 77.6 Å². The second-order valence-electron chi connectivity index (χ2n) is 9.42. The summed E-state index contributed by atoms with van der Waals surface area (Å²) in [6.07, 6.45) is 8.15. The molecule has 0 aliphatic carbocycles. The first-order valence-corrected chi connectivity index (χ1v) is 15.0. The summed E-state index contributed by atoms with van der Waals surface area (Å²) < 4.78 is 0. The molecule has 0 rings (SSSR count). The molecule has 0 amide bonds. The minimum absolute atomic E-state index is 0.344. The summed E-state index contributed by atoms with van der Waals surface area (Å²) in [5.74, 6) is -0.658. The Morgan fingerprint density at radius 1 is 0.378 bits per heavy atom. The Hall–Kier alpha value is -1.13. The predicted octanol–water partition coefficient (Wildman–Crippen LogP) is -3.96. The van der Waals surface area contributed by atoms with E-state index in [9.17, 15) is 4.79 Å². The second-order valence-corrected chi connectivity index (χ2v) is 9.42. The van der Waals surface area contributed by atoms with E-state index in [-0.39, 0.29) is 66.1 Å². The molecule has 17 heteroatoms. The number of aliphatic carboxylic acids is 1. The maximum atomic E-state index is 10.2. The van der Waals surface area contributed by atoms with E-state index in [1.165, 1.54) is 51.4 Å². The molecule has 0 heterocycles. The molecule has 0 aromatic carbocycles. The van der Waals surface area contributed by atoms with Crippen molar-refractivity contribution in [3.8, 4) is 0 Å². The van der Waals surface area contributed by atoms with Gasteiger partial charge in [-0.05, 0) is 6.42 Å². The maximum absolute atomic E-state index is 10.2. The molecule has 0 aliphatic heterocycles. The molecule has 0 saturated heterocycles. The van der Waals surface area contributed by atoms with Gasteiger partial charge in [-0.2, -0.15) is 0 Å². The number of carboxylic acids is 1. The Balaban J connectivity index is -0.000000108. The fraction of sp³-hybridized carbons (Fsp3) is 0.964. The lowest BCUT2D eigenvalue weighted by Crippen LogP contribution is -2.15. The number of carbonyl (C=O) groups is 1. The minimum atomic E-state index is -0.954. The van der Waals surface area contributed by atoms with Crippen molar-refractivity contribution < 1.29 is 86.5 Å². The van der Waals surface area contributed by atoms with E-state index in [2.05, 4.69) is 6.92 Å². The summed E-state index contributed by atoms with van der Waals surface area (Å²) in [6.45, 7) is -1.41. The molecular weight excluding hydrogens is 608 g/mol. The van der Waals surface area contributed by atoms with Gasteiger partial charge in [0.2, 0.25) is 0 Å². The standard InChI is InChI=1S/C13H26O2.5C3H8O3/c1-2-3-4-5-6-7-8-9-10-11-12-13(14)15;5*4-1-3(6)2-5/h2-12H2,1H3,(H,14,15);5*3-6H,1-2H2. The van der Waals surface area contributed by atoms with E-state index in [1.54, 1.807) is 0 Å². The van der Waals surface area contributed by atoms with Crippen molar-refractivity contribution in [2.45, 2.75) is 108 Å². The number of hydrogen-bond donors (Lipinski definition) is 16. The van der Waals surface area contributed by atoms with Crippen molar-refractivity contribution in [3.63, 3.8) is 0 Å². The monoisotopic (exact) mass is 674 g/mol. The molecule has 0 aromatic rings. The van der Waals surface area contributed by atoms with Crippen molar-refractivity contribution in [2.75, 3.05) is 66.1 Å². The van der Waals surface area contributed by atoms with Gasteiger partial charge in [-0.3, -0.25) is 4.79 Å². The SMILES string of the molecule is CCCCCCCCCCCCC(=O)O.OCC(O)CO.OCC(O)CO.OCC(O)CO.OCC(O)CO.OCC(O)CO. The molecule has 0 bridgehead atoms. The third-order valence-corrected chi connectivity index (χ3v) is 4.85. The normalized spacial score (nSPS) is 10.2. The molecule has 0 spiro atoms. The molecule has 45 heavy (non-hydrogen) atoms. The van der Waals surface area contributed by atoms with Gasteiger partial charge in [-0.1, -0.05) is 64.7 Å². The number of hydrogen-bond acceptors (Lipinski definition) is 16. The fourth-order valence-electron chi connectivity index (χ4n) is 2.05. The van der Waals surface area contributed by atoms with Crippen LogP contribution in [0.15, 0.2) is 0 Å². The lowest BCUT2D eigenvalue weighted by atomic mass is 10.1. The molecule has 0 fully saturated rings. The van der Waals surface area contributed by atoms with Crippen molar-refractivity contribution in [2.24, 2.45) is 0 Å². The summed E-state index contributed by atoms with van der Waals surface area (Å²) in [5.41, 5.74) is 0. The number of carboxylic acid groups (broad SMARTS) is 1. The zero-order valence-electron chi connectivity index (χ0n) is 26.8. The van der Waals surface area contributed by atoms with E-state index < -0.39 is 36.5 Å². The average molecular weight is 675 g/mol. The zero-order valence-corrected chi connectivity index (χ0v) is 26.8. The first kappa shape index (κ1) is 56.2. The average Bonchev–Trinajstić information content (AvgIpc) is 3.08. The molecular formula is C28H66O17. The Morgan fingerprint density at radius 3 is 0.689 bits per heavy atom. The molecule has 0 unspecified atom stereocenters. The number of rotatable bonds is 21. The van der Waals surface area contributed by atoms with Gasteiger partial charge in [0.05, 0.1) is 66.1 Å². The molecule has 0 saturated carbocycles. The van der Waals surface area contributed by atoms with Crippen LogP contribution in [-0.4, -0.2) is 184 Å². The van der Waals surface area contributed by atoms with E-state index in [0.29, 0.717) is 6.42 Å². The Morgan fingerprint density at radius 2 is 0.556 bits per heavy atom. The molecule has 0 radical (unpaired) electrons. The number of aliphatic hydroxyl groups excluding tert-OH is 15. The van der Waals surface area contributed by atoms with Crippen LogP contribution in [0.2, 0.25) is 0 Å². The summed E-state index contributed by atoms with van der Waals surface area (Å²) in [5, 5.41) is 129. The van der Waals surface area contributed by atoms with Gasteiger partial charge < -0.3 is 81.7 Å². The molecule has 0 atom stereocenters. The van der Waals surface area contributed by atoms with Crippen LogP contribution < -0.4 is 0 Å². The topological polar surface area (TPSA) is 341 Å². The molecule has 0 aromatic heterocycles. The number of unbranched alkanes of at least 4 members (excludes halogenated alkanes) is 9. The summed E-state index contributed by atoms with van der Waals surface area (Å²) in [6, 6.07) is 0. The van der Waals surface area contributed by atoms with Gasteiger partial charge in [0, 0.05) is 6.42 Å². The smallest absolute Gasteiger partial charge is 0.303 e. The van der Waals surface area contributed by atoms with Crippen molar-refractivity contribution in [1.29, 1.82) is 0 Å². The molecule has 280 valence electrons. The van der Waals surface area contributed by atoms with Crippen LogP contribution in [-0.2, 0) is 4.79 Å². The Kier molecular flexibility index (Phi) is 65.5. The van der Waals surface area contributed by atoms with Gasteiger partial charge in [0.1, 0.15) is 30.5 Å². The maximum Gasteiger partial charge on any atom is 0.303 e. The van der Waals surface area contributed by atoms with Crippen LogP contribution in [0.3, 0.4) is 0 Å². The van der Waals surface area contributed by atoms with Crippen molar-refractivity contribution >= 4 is 5.97 Å². The van der Waals surface area contributed by atoms with Crippen LogP contribution >= 0.6 is 0 Å². The fourth-order valence-corrected chi connectivity index (χ4v) is 2.05. The molecule has 0 aliphatic rings. The van der Waals surface area contributed by atoms with Gasteiger partial charge in [0.15, 0.2) is 0 Å². The summed E-state index contributed by atoms with van der Waals surface area (Å²) in [4.78, 5) is 10.2. The Labute approximate surface area is 266 Å². The lowest BCUT2D eigenvalue weighted by Gasteiger charge is -2.01. The van der Waals surface area contributed by atoms with Gasteiger partial charge >= 0.3 is 5.97 Å². The van der Waals surface area contributed by atoms with E-state index >= 15 is 0 Å². The minimum Gasteiger partial charge on any atom is -0.481 e. The lowest BCUT2D eigenvalue weighted by molar-refractivity contribution is -0.137. The highest BCUT2D eigenvalue weighted by molar-refractivity contribution is 5.66. The van der Waals surface area contributed by atoms with Gasteiger partial charge in [-0.15, -0.1) is 0 Å². The molecule has 17 nitrogen and oxygen atoms in total. The van der Waals surface area contributed by atoms with Crippen LogP contribution in [0, 0.1) is 0 Å². The van der Waals surface area contributed by atoms with Gasteiger partial charge in [0.25, 0.3) is 0 Å². The zero-order chi connectivity index (χ0) is 36.3. The van der Waals surface area contributed by atoms with Crippen molar-refractivity contribution in [3.05, 3.63) is 0 Å². The second kappa shape index (κ2) is 52.4. The Bertz CT molecular complexity index is 414. The van der Waals surface area contributed by atoms with Crippen molar-refractivity contribution in [1.82, 2.24) is 0 Å². The number of aliphatic hydroxyl groups is 15. The third-order valence-electron chi connectivity index (χ3n) is 4.85.